The van der Waals surface area contributed by atoms with Gasteiger partial charge in [0.15, 0.2) is 0 Å². The molecule has 1 fully saturated rings. The molecule has 1 aliphatic heterocycles. The van der Waals surface area contributed by atoms with Crippen LogP contribution in [-0.4, -0.2) is 53.5 Å². The van der Waals surface area contributed by atoms with Crippen molar-refractivity contribution in [2.75, 3.05) is 37.6 Å². The van der Waals surface area contributed by atoms with E-state index in [0.717, 1.165) is 32.7 Å². The van der Waals surface area contributed by atoms with Gasteiger partial charge in [-0.2, -0.15) is 0 Å². The predicted molar refractivity (Wildman–Crippen MR) is 98.5 cm³/mol. The molecule has 1 amide bonds. The summed E-state index contributed by atoms with van der Waals surface area (Å²) in [6.07, 6.45) is 4.80. The fourth-order valence-corrected chi connectivity index (χ4v) is 2.82. The van der Waals surface area contributed by atoms with Gasteiger partial charge in [-0.1, -0.05) is 36.4 Å². The number of hydrogen-bond acceptors (Lipinski definition) is 5. The maximum absolute atomic E-state index is 11.8. The normalized spacial score (nSPS) is 15.0. The van der Waals surface area contributed by atoms with Gasteiger partial charge in [-0.15, -0.1) is 6.58 Å². The number of rotatable bonds is 6. The number of hydrogen-bond donors (Lipinski definition) is 1. The molecule has 1 N–H and O–H groups in total. The SMILES string of the molecule is C=CCNC(=O)c1cnc(N2CCN(Cc3ccccc3)CC2)nc1. The van der Waals surface area contributed by atoms with Crippen LogP contribution in [0.4, 0.5) is 5.95 Å². The highest BCUT2D eigenvalue weighted by Crippen LogP contribution is 2.13. The summed E-state index contributed by atoms with van der Waals surface area (Å²) in [4.78, 5) is 25.1. The zero-order chi connectivity index (χ0) is 17.5. The fourth-order valence-electron chi connectivity index (χ4n) is 2.82. The average molecular weight is 337 g/mol. The average Bonchev–Trinajstić information content (AvgIpc) is 2.68. The molecule has 6 heteroatoms. The minimum atomic E-state index is -0.181. The standard InChI is InChI=1S/C19H23N5O/c1-2-8-20-18(25)17-13-21-19(22-14-17)24-11-9-23(10-12-24)15-16-6-4-3-5-7-16/h2-7,13-14H,1,8-12,15H2,(H,20,25). The lowest BCUT2D eigenvalue weighted by molar-refractivity contribution is 0.0957. The lowest BCUT2D eigenvalue weighted by Gasteiger charge is -2.34. The molecule has 0 atom stereocenters. The molecular weight excluding hydrogens is 314 g/mol. The second-order valence-electron chi connectivity index (χ2n) is 6.02. The number of benzene rings is 1. The van der Waals surface area contributed by atoms with Crippen molar-refractivity contribution in [2.24, 2.45) is 0 Å². The smallest absolute Gasteiger partial charge is 0.254 e. The van der Waals surface area contributed by atoms with Gasteiger partial charge in [0.2, 0.25) is 5.95 Å². The molecule has 0 aliphatic carbocycles. The number of anilines is 1. The van der Waals surface area contributed by atoms with Crippen molar-refractivity contribution in [3.05, 3.63) is 66.5 Å². The minimum Gasteiger partial charge on any atom is -0.348 e. The molecular formula is C19H23N5O. The number of carbonyl (C=O) groups is 1. The minimum absolute atomic E-state index is 0.181. The molecule has 1 aromatic carbocycles. The Labute approximate surface area is 148 Å². The molecule has 0 bridgehead atoms. The van der Waals surface area contributed by atoms with Crippen molar-refractivity contribution >= 4 is 11.9 Å². The second-order valence-corrected chi connectivity index (χ2v) is 6.02. The number of aromatic nitrogens is 2. The maximum atomic E-state index is 11.8. The van der Waals surface area contributed by atoms with E-state index in [4.69, 9.17) is 0 Å². The Hall–Kier alpha value is -2.73. The van der Waals surface area contributed by atoms with Crippen LogP contribution in [0.5, 0.6) is 0 Å². The molecule has 1 aromatic heterocycles. The van der Waals surface area contributed by atoms with E-state index < -0.39 is 0 Å². The van der Waals surface area contributed by atoms with Crippen LogP contribution in [0, 0.1) is 0 Å². The molecule has 0 radical (unpaired) electrons. The number of piperazine rings is 1. The molecule has 0 spiro atoms. The zero-order valence-electron chi connectivity index (χ0n) is 14.3. The number of amides is 1. The molecule has 6 nitrogen and oxygen atoms in total. The summed E-state index contributed by atoms with van der Waals surface area (Å²) in [7, 11) is 0. The predicted octanol–water partition coefficient (Wildman–Crippen LogP) is 1.71. The van der Waals surface area contributed by atoms with Crippen LogP contribution in [0.15, 0.2) is 55.4 Å². The first-order valence-electron chi connectivity index (χ1n) is 8.48. The molecule has 2 aromatic rings. The van der Waals surface area contributed by atoms with Crippen molar-refractivity contribution in [1.29, 1.82) is 0 Å². The van der Waals surface area contributed by atoms with Crippen molar-refractivity contribution in [1.82, 2.24) is 20.2 Å². The van der Waals surface area contributed by atoms with Gasteiger partial charge < -0.3 is 10.2 Å². The Morgan fingerprint density at radius 3 is 2.44 bits per heavy atom. The third kappa shape index (κ3) is 4.64. The Balaban J connectivity index is 1.52. The van der Waals surface area contributed by atoms with Crippen molar-refractivity contribution in [2.45, 2.75) is 6.54 Å². The highest BCUT2D eigenvalue weighted by Gasteiger charge is 2.19. The molecule has 3 rings (SSSR count). The summed E-state index contributed by atoms with van der Waals surface area (Å²) >= 11 is 0. The molecule has 130 valence electrons. The van der Waals surface area contributed by atoms with Gasteiger partial charge in [0.1, 0.15) is 0 Å². The van der Waals surface area contributed by atoms with Crippen molar-refractivity contribution < 1.29 is 4.79 Å². The zero-order valence-corrected chi connectivity index (χ0v) is 14.3. The van der Waals surface area contributed by atoms with E-state index in [1.807, 2.05) is 6.07 Å². The van der Waals surface area contributed by atoms with Gasteiger partial charge >= 0.3 is 0 Å². The van der Waals surface area contributed by atoms with E-state index in [1.165, 1.54) is 5.56 Å². The maximum Gasteiger partial charge on any atom is 0.254 e. The first-order chi connectivity index (χ1) is 12.3. The molecule has 2 heterocycles. The molecule has 0 saturated carbocycles. The molecule has 25 heavy (non-hydrogen) atoms. The Morgan fingerprint density at radius 1 is 1.12 bits per heavy atom. The van der Waals surface area contributed by atoms with E-state index in [2.05, 4.69) is 55.9 Å². The van der Waals surface area contributed by atoms with Gasteiger partial charge in [-0.25, -0.2) is 9.97 Å². The highest BCUT2D eigenvalue weighted by atomic mass is 16.1. The van der Waals surface area contributed by atoms with Crippen LogP contribution in [-0.2, 0) is 6.54 Å². The van der Waals surface area contributed by atoms with Crippen LogP contribution in [0.1, 0.15) is 15.9 Å². The summed E-state index contributed by atoms with van der Waals surface area (Å²) in [5, 5.41) is 2.72. The quantitative estimate of drug-likeness (QED) is 0.813. The van der Waals surface area contributed by atoms with Crippen LogP contribution in [0.3, 0.4) is 0 Å². The van der Waals surface area contributed by atoms with Gasteiger partial charge in [0.25, 0.3) is 5.91 Å². The Morgan fingerprint density at radius 2 is 1.80 bits per heavy atom. The van der Waals surface area contributed by atoms with Crippen LogP contribution >= 0.6 is 0 Å². The number of carbonyl (C=O) groups excluding carboxylic acids is 1. The lowest BCUT2D eigenvalue weighted by atomic mass is 10.2. The molecule has 0 unspecified atom stereocenters. The summed E-state index contributed by atoms with van der Waals surface area (Å²) in [6.45, 7) is 8.69. The van der Waals surface area contributed by atoms with Gasteiger partial charge in [0.05, 0.1) is 5.56 Å². The number of nitrogens with one attached hydrogen (secondary N) is 1. The summed E-state index contributed by atoms with van der Waals surface area (Å²) in [6, 6.07) is 10.5. The first-order valence-corrected chi connectivity index (χ1v) is 8.48. The summed E-state index contributed by atoms with van der Waals surface area (Å²) in [5.41, 5.74) is 1.80. The first kappa shape index (κ1) is 17.1. The van der Waals surface area contributed by atoms with Crippen LogP contribution in [0.2, 0.25) is 0 Å². The number of nitrogens with zero attached hydrogens (tertiary/aromatic N) is 4. The van der Waals surface area contributed by atoms with Gasteiger partial charge in [0, 0.05) is 51.7 Å². The molecule has 1 aliphatic rings. The Bertz CT molecular complexity index is 694. The lowest BCUT2D eigenvalue weighted by Crippen LogP contribution is -2.46. The highest BCUT2D eigenvalue weighted by molar-refractivity contribution is 5.93. The van der Waals surface area contributed by atoms with E-state index in [1.54, 1.807) is 18.5 Å². The largest absolute Gasteiger partial charge is 0.348 e. The van der Waals surface area contributed by atoms with E-state index in [-0.39, 0.29) is 5.91 Å². The summed E-state index contributed by atoms with van der Waals surface area (Å²) < 4.78 is 0. The van der Waals surface area contributed by atoms with E-state index in [0.29, 0.717) is 18.1 Å². The monoisotopic (exact) mass is 337 g/mol. The van der Waals surface area contributed by atoms with Crippen LogP contribution in [0.25, 0.3) is 0 Å². The van der Waals surface area contributed by atoms with Gasteiger partial charge in [-0.05, 0) is 5.56 Å². The topological polar surface area (TPSA) is 61.4 Å². The van der Waals surface area contributed by atoms with Gasteiger partial charge in [-0.3, -0.25) is 9.69 Å². The second kappa shape index (κ2) is 8.39. The third-order valence-electron chi connectivity index (χ3n) is 4.21. The summed E-state index contributed by atoms with van der Waals surface area (Å²) in [5.74, 6) is 0.499. The third-order valence-corrected chi connectivity index (χ3v) is 4.21. The van der Waals surface area contributed by atoms with Crippen molar-refractivity contribution in [3.8, 4) is 0 Å². The van der Waals surface area contributed by atoms with Crippen molar-refractivity contribution in [3.63, 3.8) is 0 Å². The van der Waals surface area contributed by atoms with E-state index in [9.17, 15) is 4.79 Å². The fraction of sp³-hybridized carbons (Fsp3) is 0.316. The Kier molecular flexibility index (Phi) is 5.74. The molecule has 1 saturated heterocycles. The van der Waals surface area contributed by atoms with Crippen LogP contribution < -0.4 is 10.2 Å². The van der Waals surface area contributed by atoms with E-state index >= 15 is 0 Å².